The molecule has 0 aliphatic heterocycles. The largest absolute Gasteiger partial charge is 0.357 e. The predicted molar refractivity (Wildman–Crippen MR) is 120 cm³/mol. The Hall–Kier alpha value is -2.14. The lowest BCUT2D eigenvalue weighted by Gasteiger charge is -2.10. The Kier molecular flexibility index (Phi) is 8.71. The number of nitrogens with one attached hydrogen (secondary N) is 2. The molecule has 1 aromatic carbocycles. The van der Waals surface area contributed by atoms with Gasteiger partial charge in [-0.15, -0.1) is 24.0 Å². The molecule has 8 nitrogen and oxygen atoms in total. The second kappa shape index (κ2) is 11.0. The Labute approximate surface area is 185 Å². The highest BCUT2D eigenvalue weighted by molar-refractivity contribution is 14.0. The maximum Gasteiger partial charge on any atom is 0.228 e. The van der Waals surface area contributed by atoms with Gasteiger partial charge in [0.2, 0.25) is 11.7 Å². The lowest BCUT2D eigenvalue weighted by molar-refractivity contribution is 0.378. The SMILES string of the molecule is CCNC(=NCc1ccnn1C)NCCc1nc(-c2ccc(Cl)cc2)no1.I. The van der Waals surface area contributed by atoms with E-state index < -0.39 is 0 Å². The van der Waals surface area contributed by atoms with Gasteiger partial charge >= 0.3 is 0 Å². The fraction of sp³-hybridized carbons (Fsp3) is 0.333. The first-order valence-corrected chi connectivity index (χ1v) is 9.11. The summed E-state index contributed by atoms with van der Waals surface area (Å²) in [6.45, 7) is 3.97. The molecule has 10 heteroatoms. The highest BCUT2D eigenvalue weighted by Gasteiger charge is 2.09. The van der Waals surface area contributed by atoms with Crippen molar-refractivity contribution < 1.29 is 4.52 Å². The van der Waals surface area contributed by atoms with Gasteiger partial charge in [-0.25, -0.2) is 4.99 Å². The molecular formula is C18H23ClIN7O. The molecule has 3 rings (SSSR count). The van der Waals surface area contributed by atoms with Gasteiger partial charge in [-0.1, -0.05) is 16.8 Å². The summed E-state index contributed by atoms with van der Waals surface area (Å²) in [4.78, 5) is 8.98. The van der Waals surface area contributed by atoms with Gasteiger partial charge < -0.3 is 15.2 Å². The number of halogens is 2. The zero-order valence-electron chi connectivity index (χ0n) is 15.7. The Balaban J connectivity index is 0.00000280. The summed E-state index contributed by atoms with van der Waals surface area (Å²) in [5, 5.41) is 15.3. The molecule has 0 saturated heterocycles. The van der Waals surface area contributed by atoms with Crippen LogP contribution in [0.15, 0.2) is 46.0 Å². The second-order valence-electron chi connectivity index (χ2n) is 5.84. The van der Waals surface area contributed by atoms with Gasteiger partial charge in [-0.05, 0) is 37.3 Å². The Morgan fingerprint density at radius 2 is 2.00 bits per heavy atom. The fourth-order valence-electron chi connectivity index (χ4n) is 2.42. The third-order valence-corrected chi connectivity index (χ3v) is 4.12. The van der Waals surface area contributed by atoms with Crippen LogP contribution < -0.4 is 10.6 Å². The Bertz CT molecular complexity index is 891. The summed E-state index contributed by atoms with van der Waals surface area (Å²) >= 11 is 5.90. The van der Waals surface area contributed by atoms with E-state index in [1.807, 2.05) is 36.9 Å². The minimum atomic E-state index is 0. The molecule has 3 aromatic rings. The molecule has 150 valence electrons. The van der Waals surface area contributed by atoms with Gasteiger partial charge in [0.15, 0.2) is 5.96 Å². The van der Waals surface area contributed by atoms with Crippen molar-refractivity contribution in [1.82, 2.24) is 30.6 Å². The molecule has 0 radical (unpaired) electrons. The second-order valence-corrected chi connectivity index (χ2v) is 6.27. The number of hydrogen-bond acceptors (Lipinski definition) is 5. The summed E-state index contributed by atoms with van der Waals surface area (Å²) in [6, 6.07) is 9.28. The van der Waals surface area contributed by atoms with Crippen LogP contribution in [-0.4, -0.2) is 39.0 Å². The molecule has 0 spiro atoms. The molecule has 2 N–H and O–H groups in total. The quantitative estimate of drug-likeness (QED) is 0.285. The summed E-state index contributed by atoms with van der Waals surface area (Å²) < 4.78 is 7.13. The molecule has 0 aliphatic rings. The van der Waals surface area contributed by atoms with Crippen LogP contribution >= 0.6 is 35.6 Å². The molecule has 0 fully saturated rings. The molecule has 0 saturated carbocycles. The van der Waals surface area contributed by atoms with Gasteiger partial charge in [0, 0.05) is 43.3 Å². The minimum absolute atomic E-state index is 0. The van der Waals surface area contributed by atoms with Crippen molar-refractivity contribution in [3.05, 3.63) is 53.1 Å². The van der Waals surface area contributed by atoms with Crippen LogP contribution in [0.3, 0.4) is 0 Å². The minimum Gasteiger partial charge on any atom is -0.357 e. The number of guanidine groups is 1. The smallest absolute Gasteiger partial charge is 0.228 e. The molecule has 2 heterocycles. The highest BCUT2D eigenvalue weighted by Crippen LogP contribution is 2.18. The van der Waals surface area contributed by atoms with Crippen molar-refractivity contribution in [3.63, 3.8) is 0 Å². The van der Waals surface area contributed by atoms with Crippen molar-refractivity contribution in [1.29, 1.82) is 0 Å². The average molecular weight is 516 g/mol. The van der Waals surface area contributed by atoms with Gasteiger partial charge in [0.1, 0.15) is 0 Å². The zero-order valence-corrected chi connectivity index (χ0v) is 18.8. The molecule has 0 aliphatic carbocycles. The van der Waals surface area contributed by atoms with Crippen molar-refractivity contribution in [3.8, 4) is 11.4 Å². The van der Waals surface area contributed by atoms with Crippen molar-refractivity contribution in [2.75, 3.05) is 13.1 Å². The number of aliphatic imine (C=N–C) groups is 1. The monoisotopic (exact) mass is 515 g/mol. The fourth-order valence-corrected chi connectivity index (χ4v) is 2.54. The van der Waals surface area contributed by atoms with E-state index in [0.29, 0.717) is 36.2 Å². The van der Waals surface area contributed by atoms with Crippen LogP contribution in [0.25, 0.3) is 11.4 Å². The number of nitrogens with zero attached hydrogens (tertiary/aromatic N) is 5. The van der Waals surface area contributed by atoms with Crippen LogP contribution in [0.1, 0.15) is 18.5 Å². The van der Waals surface area contributed by atoms with Gasteiger partial charge in [-0.3, -0.25) is 4.68 Å². The third kappa shape index (κ3) is 6.20. The van der Waals surface area contributed by atoms with Gasteiger partial charge in [0.25, 0.3) is 0 Å². The Morgan fingerprint density at radius 1 is 1.21 bits per heavy atom. The van der Waals surface area contributed by atoms with Crippen LogP contribution in [0.2, 0.25) is 5.02 Å². The van der Waals surface area contributed by atoms with E-state index >= 15 is 0 Å². The number of benzene rings is 1. The lowest BCUT2D eigenvalue weighted by Crippen LogP contribution is -2.38. The first kappa shape index (κ1) is 22.2. The molecule has 0 amide bonds. The van der Waals surface area contributed by atoms with Crippen LogP contribution in [0, 0.1) is 0 Å². The first-order valence-electron chi connectivity index (χ1n) is 8.73. The topological polar surface area (TPSA) is 93.2 Å². The number of aromatic nitrogens is 4. The molecular weight excluding hydrogens is 493 g/mol. The first-order chi connectivity index (χ1) is 13.2. The third-order valence-electron chi connectivity index (χ3n) is 3.87. The average Bonchev–Trinajstić information content (AvgIpc) is 3.29. The van der Waals surface area contributed by atoms with Gasteiger partial charge in [0.05, 0.1) is 12.2 Å². The van der Waals surface area contributed by atoms with E-state index in [1.54, 1.807) is 18.3 Å². The summed E-state index contributed by atoms with van der Waals surface area (Å²) in [6.07, 6.45) is 2.36. The normalized spacial score (nSPS) is 11.2. The van der Waals surface area contributed by atoms with E-state index in [-0.39, 0.29) is 24.0 Å². The number of rotatable bonds is 7. The summed E-state index contributed by atoms with van der Waals surface area (Å²) in [5.74, 6) is 1.85. The van der Waals surface area contributed by atoms with Crippen LogP contribution in [-0.2, 0) is 20.0 Å². The molecule has 0 unspecified atom stereocenters. The van der Waals surface area contributed by atoms with Crippen molar-refractivity contribution in [2.24, 2.45) is 12.0 Å². The van der Waals surface area contributed by atoms with Crippen LogP contribution in [0.5, 0.6) is 0 Å². The molecule has 2 aromatic heterocycles. The maximum atomic E-state index is 5.90. The number of aryl methyl sites for hydroxylation is 1. The van der Waals surface area contributed by atoms with E-state index in [0.717, 1.165) is 23.8 Å². The molecule has 28 heavy (non-hydrogen) atoms. The van der Waals surface area contributed by atoms with E-state index in [1.165, 1.54) is 0 Å². The molecule has 0 atom stereocenters. The highest BCUT2D eigenvalue weighted by atomic mass is 127. The Morgan fingerprint density at radius 3 is 2.68 bits per heavy atom. The summed E-state index contributed by atoms with van der Waals surface area (Å²) in [7, 11) is 1.90. The van der Waals surface area contributed by atoms with Crippen LogP contribution in [0.4, 0.5) is 0 Å². The van der Waals surface area contributed by atoms with E-state index in [2.05, 4.69) is 30.9 Å². The maximum absolute atomic E-state index is 5.90. The molecule has 0 bridgehead atoms. The van der Waals surface area contributed by atoms with E-state index in [9.17, 15) is 0 Å². The zero-order chi connectivity index (χ0) is 19.1. The van der Waals surface area contributed by atoms with Gasteiger partial charge in [-0.2, -0.15) is 10.1 Å². The predicted octanol–water partition coefficient (Wildman–Crippen LogP) is 3.04. The van der Waals surface area contributed by atoms with Crippen molar-refractivity contribution in [2.45, 2.75) is 19.9 Å². The lowest BCUT2D eigenvalue weighted by atomic mass is 10.2. The summed E-state index contributed by atoms with van der Waals surface area (Å²) in [5.41, 5.74) is 1.91. The number of hydrogen-bond donors (Lipinski definition) is 2. The van der Waals surface area contributed by atoms with Crippen molar-refractivity contribution >= 4 is 41.5 Å². The van der Waals surface area contributed by atoms with E-state index in [4.69, 9.17) is 16.1 Å². The standard InChI is InChI=1S/C18H22ClN7O.HI/c1-3-20-18(22-12-15-8-11-23-26(15)2)21-10-9-16-24-17(25-27-16)13-4-6-14(19)7-5-13;/h4-8,11H,3,9-10,12H2,1-2H3,(H2,20,21,22);1H.